The van der Waals surface area contributed by atoms with Crippen LogP contribution in [0, 0.1) is 0 Å². The topological polar surface area (TPSA) is 46.5 Å². The second-order valence-electron chi connectivity index (χ2n) is 4.69. The van der Waals surface area contributed by atoms with Crippen molar-refractivity contribution in [2.45, 2.75) is 38.7 Å². The Labute approximate surface area is 115 Å². The van der Waals surface area contributed by atoms with Crippen LogP contribution in [0.4, 0.5) is 0 Å². The standard InChI is InChI=1S/C13H18BO3S/c1-4-11(17-18-14)13(2,3)10-7-5-9(6-8-10)12(15)16/h5-8,11,14H,4H2,1-3H3,(H,15,16)/i14T. The zero-order valence-electron chi connectivity index (χ0n) is 11.8. The Balaban J connectivity index is 2.93. The first-order valence-corrected chi connectivity index (χ1v) is 6.60. The average Bonchev–Trinajstić information content (AvgIpc) is 2.39. The van der Waals surface area contributed by atoms with Gasteiger partial charge in [0.15, 0.2) is 0 Å². The van der Waals surface area contributed by atoms with Crippen molar-refractivity contribution in [3.63, 3.8) is 0 Å². The normalized spacial score (nSPS) is 13.8. The van der Waals surface area contributed by atoms with E-state index in [0.717, 1.165) is 31.0 Å². The van der Waals surface area contributed by atoms with Crippen molar-refractivity contribution in [1.29, 1.82) is 1.34 Å². The summed E-state index contributed by atoms with van der Waals surface area (Å²) in [4.78, 5) is 10.8. The lowest BCUT2D eigenvalue weighted by atomic mass is 9.78. The fraction of sp³-hybridized carbons (Fsp3) is 0.462. The van der Waals surface area contributed by atoms with E-state index in [2.05, 4.69) is 13.8 Å². The predicted molar refractivity (Wildman–Crippen MR) is 76.3 cm³/mol. The van der Waals surface area contributed by atoms with Gasteiger partial charge in [0.2, 0.25) is 7.09 Å². The van der Waals surface area contributed by atoms with E-state index in [4.69, 9.17) is 10.6 Å². The number of aromatic carboxylic acids is 1. The lowest BCUT2D eigenvalue weighted by molar-refractivity contribution is 0.0697. The van der Waals surface area contributed by atoms with Gasteiger partial charge in [-0.05, 0) is 25.5 Å². The second-order valence-corrected chi connectivity index (χ2v) is 5.08. The Bertz CT molecular complexity index is 422. The summed E-state index contributed by atoms with van der Waals surface area (Å²) in [7, 11) is 1.16. The van der Waals surface area contributed by atoms with Gasteiger partial charge in [-0.1, -0.05) is 44.8 Å². The van der Waals surface area contributed by atoms with Crippen molar-refractivity contribution in [2.75, 3.05) is 0 Å². The molecule has 0 bridgehead atoms. The number of benzene rings is 1. The van der Waals surface area contributed by atoms with Gasteiger partial charge in [0.25, 0.3) is 0 Å². The molecule has 0 aliphatic carbocycles. The van der Waals surface area contributed by atoms with Crippen molar-refractivity contribution >= 4 is 25.0 Å². The molecule has 0 fully saturated rings. The first-order valence-electron chi connectivity index (χ1n) is 6.37. The third-order valence-corrected chi connectivity index (χ3v) is 3.57. The molecule has 5 heteroatoms. The van der Waals surface area contributed by atoms with E-state index in [-0.39, 0.29) is 17.1 Å². The lowest BCUT2D eigenvalue weighted by Crippen LogP contribution is -2.34. The lowest BCUT2D eigenvalue weighted by Gasteiger charge is -2.33. The van der Waals surface area contributed by atoms with Gasteiger partial charge in [0.1, 0.15) is 0 Å². The Morgan fingerprint density at radius 3 is 2.61 bits per heavy atom. The molecule has 0 saturated carbocycles. The third-order valence-electron chi connectivity index (χ3n) is 3.22. The summed E-state index contributed by atoms with van der Waals surface area (Å²) in [5, 5.41) is 8.90. The largest absolute Gasteiger partial charge is 0.478 e. The van der Waals surface area contributed by atoms with E-state index in [1.807, 2.05) is 19.1 Å². The van der Waals surface area contributed by atoms with E-state index in [1.165, 1.54) is 0 Å². The summed E-state index contributed by atoms with van der Waals surface area (Å²) >= 11 is 1.02. The highest BCUT2D eigenvalue weighted by Gasteiger charge is 2.31. The van der Waals surface area contributed by atoms with E-state index in [1.54, 1.807) is 12.1 Å². The predicted octanol–water partition coefficient (Wildman–Crippen LogP) is 2.92. The van der Waals surface area contributed by atoms with Crippen LogP contribution < -0.4 is 0 Å². The molecular weight excluding hydrogens is 247 g/mol. The molecule has 1 N–H and O–H groups in total. The van der Waals surface area contributed by atoms with Crippen LogP contribution >= 0.6 is 11.9 Å². The van der Waals surface area contributed by atoms with Crippen molar-refractivity contribution in [3.8, 4) is 0 Å². The minimum absolute atomic E-state index is 0.0465. The number of rotatable bonds is 7. The highest BCUT2D eigenvalue weighted by atomic mass is 32.2. The van der Waals surface area contributed by atoms with E-state index >= 15 is 0 Å². The monoisotopic (exact) mass is 267 g/mol. The van der Waals surface area contributed by atoms with Crippen LogP contribution in [0.1, 0.15) is 43.1 Å². The molecule has 97 valence electrons. The van der Waals surface area contributed by atoms with Gasteiger partial charge >= 0.3 is 5.97 Å². The number of hydrogen-bond donors (Lipinski definition) is 1. The van der Waals surface area contributed by atoms with Gasteiger partial charge in [-0.2, -0.15) is 0 Å². The molecule has 1 radical (unpaired) electrons. The van der Waals surface area contributed by atoms with Crippen LogP contribution in [0.3, 0.4) is 0 Å². The van der Waals surface area contributed by atoms with Crippen LogP contribution in [0.2, 0.25) is 0 Å². The van der Waals surface area contributed by atoms with Crippen molar-refractivity contribution in [3.05, 3.63) is 35.4 Å². The molecule has 0 aromatic heterocycles. The second kappa shape index (κ2) is 6.30. The molecule has 0 spiro atoms. The molecule has 3 nitrogen and oxygen atoms in total. The van der Waals surface area contributed by atoms with Gasteiger partial charge < -0.3 is 9.29 Å². The molecule has 1 rings (SSSR count). The summed E-state index contributed by atoms with van der Waals surface area (Å²) in [5.41, 5.74) is 1.05. The van der Waals surface area contributed by atoms with Crippen LogP contribution in [0.5, 0.6) is 0 Å². The minimum Gasteiger partial charge on any atom is -0.478 e. The molecule has 1 atom stereocenters. The molecule has 1 unspecified atom stereocenters. The highest BCUT2D eigenvalue weighted by Crippen LogP contribution is 2.32. The summed E-state index contributed by atoms with van der Waals surface area (Å²) < 4.78 is 12.6. The summed E-state index contributed by atoms with van der Waals surface area (Å²) in [5.74, 6) is -0.924. The first-order chi connectivity index (χ1) is 8.93. The van der Waals surface area contributed by atoms with Crippen LogP contribution in [-0.4, -0.2) is 25.6 Å². The van der Waals surface area contributed by atoms with Gasteiger partial charge in [0.05, 0.1) is 11.7 Å². The summed E-state index contributed by atoms with van der Waals surface area (Å²) in [6.07, 6.45) is 0.768. The number of hydrogen-bond acceptors (Lipinski definition) is 3. The zero-order valence-corrected chi connectivity index (χ0v) is 11.7. The van der Waals surface area contributed by atoms with E-state index in [0.29, 0.717) is 0 Å². The van der Waals surface area contributed by atoms with Crippen LogP contribution in [-0.2, 0) is 9.60 Å². The average molecular weight is 267 g/mol. The maximum Gasteiger partial charge on any atom is 0.335 e. The Hall–Kier alpha value is -0.935. The van der Waals surface area contributed by atoms with Crippen LogP contribution in [0.15, 0.2) is 24.3 Å². The van der Waals surface area contributed by atoms with Crippen molar-refractivity contribution < 1.29 is 14.1 Å². The Morgan fingerprint density at radius 1 is 1.56 bits per heavy atom. The zero-order chi connectivity index (χ0) is 14.5. The fourth-order valence-electron chi connectivity index (χ4n) is 1.99. The maximum absolute atomic E-state index is 10.8. The minimum atomic E-state index is -0.924. The number of carboxylic acids is 1. The highest BCUT2D eigenvalue weighted by molar-refractivity contribution is 8.15. The molecular formula is C13H18BO3S. The molecule has 0 amide bonds. The maximum atomic E-state index is 10.8. The van der Waals surface area contributed by atoms with Gasteiger partial charge in [0, 0.05) is 5.41 Å². The summed E-state index contributed by atoms with van der Waals surface area (Å²) in [6, 6.07) is 6.86. The number of carbonyl (C=O) groups is 1. The molecule has 1 aromatic rings. The Kier molecular flexibility index (Phi) is 4.72. The first kappa shape index (κ1) is 13.5. The van der Waals surface area contributed by atoms with Gasteiger partial charge in [-0.25, -0.2) is 4.79 Å². The van der Waals surface area contributed by atoms with Crippen molar-refractivity contribution in [2.24, 2.45) is 0 Å². The molecule has 1 aromatic carbocycles. The van der Waals surface area contributed by atoms with Gasteiger partial charge in [-0.3, -0.25) is 0 Å². The SMILES string of the molecule is [3H][B]SOC(CC)C(C)(C)c1ccc(C(=O)O)cc1. The fourth-order valence-corrected chi connectivity index (χ4v) is 2.50. The quantitative estimate of drug-likeness (QED) is 0.609. The third kappa shape index (κ3) is 3.30. The van der Waals surface area contributed by atoms with Gasteiger partial charge in [-0.15, -0.1) is 0 Å². The smallest absolute Gasteiger partial charge is 0.335 e. The van der Waals surface area contributed by atoms with E-state index < -0.39 is 5.97 Å². The molecule has 0 saturated heterocycles. The number of carboxylic acid groups (broad SMARTS) is 1. The van der Waals surface area contributed by atoms with E-state index in [9.17, 15) is 4.79 Å². The Morgan fingerprint density at radius 2 is 2.17 bits per heavy atom. The molecule has 0 aliphatic rings. The van der Waals surface area contributed by atoms with Crippen molar-refractivity contribution in [1.82, 2.24) is 0 Å². The molecule has 0 heterocycles. The molecule has 0 aliphatic heterocycles. The van der Waals surface area contributed by atoms with Crippen LogP contribution in [0.25, 0.3) is 0 Å². The summed E-state index contributed by atoms with van der Waals surface area (Å²) in [6.45, 7) is 6.14. The molecule has 18 heavy (non-hydrogen) atoms.